The lowest BCUT2D eigenvalue weighted by Crippen LogP contribution is -2.34. The number of carbonyl (C=O) groups excluding carboxylic acids is 1. The van der Waals surface area contributed by atoms with Crippen molar-refractivity contribution in [2.24, 2.45) is 0 Å². The van der Waals surface area contributed by atoms with Crippen molar-refractivity contribution in [3.8, 4) is 0 Å². The number of furan rings is 2. The van der Waals surface area contributed by atoms with Crippen molar-refractivity contribution in [3.63, 3.8) is 0 Å². The molecule has 0 saturated heterocycles. The van der Waals surface area contributed by atoms with Crippen LogP contribution in [-0.4, -0.2) is 31.4 Å². The van der Waals surface area contributed by atoms with Gasteiger partial charge in [-0.15, -0.1) is 0 Å². The molecule has 0 fully saturated rings. The Labute approximate surface area is 126 Å². The second-order valence-corrected chi connectivity index (χ2v) is 5.52. The van der Waals surface area contributed by atoms with Gasteiger partial charge in [0.25, 0.3) is 5.91 Å². The molecule has 0 saturated carbocycles. The number of likely N-dealkylation sites (N-methyl/N-ethyl adjacent to an activating group) is 1. The van der Waals surface area contributed by atoms with Crippen molar-refractivity contribution < 1.29 is 13.6 Å². The largest absolute Gasteiger partial charge is 0.465 e. The molecular weight excluding hydrogens is 324 g/mol. The van der Waals surface area contributed by atoms with Crippen LogP contribution in [0.5, 0.6) is 0 Å². The maximum Gasteiger partial charge on any atom is 0.287 e. The van der Waals surface area contributed by atoms with E-state index in [2.05, 4.69) is 21.2 Å². The van der Waals surface area contributed by atoms with Gasteiger partial charge in [0.1, 0.15) is 11.5 Å². The normalized spacial score (nSPS) is 12.7. The molecule has 6 heteroatoms. The van der Waals surface area contributed by atoms with E-state index in [-0.39, 0.29) is 17.7 Å². The van der Waals surface area contributed by atoms with Crippen LogP contribution in [0.25, 0.3) is 0 Å². The smallest absolute Gasteiger partial charge is 0.287 e. The highest BCUT2D eigenvalue weighted by Gasteiger charge is 2.19. The van der Waals surface area contributed by atoms with Gasteiger partial charge in [-0.2, -0.15) is 0 Å². The standard InChI is InChI=1S/C14H17BrN2O3/c1-9-4-5-11(19-9)10(17(2)3)8-16-14(18)12-6-7-13(15)20-12/h4-7,10H,8H2,1-3H3,(H,16,18)/t10-/m0/s1. The van der Waals surface area contributed by atoms with Crippen LogP contribution in [0, 0.1) is 6.92 Å². The highest BCUT2D eigenvalue weighted by Crippen LogP contribution is 2.20. The quantitative estimate of drug-likeness (QED) is 0.908. The minimum Gasteiger partial charge on any atom is -0.465 e. The third kappa shape index (κ3) is 3.52. The first-order chi connectivity index (χ1) is 9.47. The fourth-order valence-corrected chi connectivity index (χ4v) is 2.19. The van der Waals surface area contributed by atoms with Crippen molar-refractivity contribution in [3.05, 3.63) is 46.2 Å². The number of aryl methyl sites for hydroxylation is 1. The van der Waals surface area contributed by atoms with Crippen molar-refractivity contribution in [2.45, 2.75) is 13.0 Å². The molecule has 108 valence electrons. The Hall–Kier alpha value is -1.53. The average molecular weight is 341 g/mol. The molecule has 2 rings (SSSR count). The molecule has 0 spiro atoms. The molecule has 0 aliphatic heterocycles. The Morgan fingerprint density at radius 1 is 1.30 bits per heavy atom. The summed E-state index contributed by atoms with van der Waals surface area (Å²) in [7, 11) is 3.89. The summed E-state index contributed by atoms with van der Waals surface area (Å²) < 4.78 is 11.4. The first-order valence-electron chi connectivity index (χ1n) is 6.23. The average Bonchev–Trinajstić information content (AvgIpc) is 2.98. The number of halogens is 1. The summed E-state index contributed by atoms with van der Waals surface area (Å²) in [6, 6.07) is 7.13. The van der Waals surface area contributed by atoms with Crippen molar-refractivity contribution in [1.82, 2.24) is 10.2 Å². The molecule has 5 nitrogen and oxygen atoms in total. The maximum absolute atomic E-state index is 11.9. The highest BCUT2D eigenvalue weighted by atomic mass is 79.9. The van der Waals surface area contributed by atoms with E-state index in [4.69, 9.17) is 8.83 Å². The Bertz CT molecular complexity index is 589. The van der Waals surface area contributed by atoms with E-state index in [0.717, 1.165) is 11.5 Å². The summed E-state index contributed by atoms with van der Waals surface area (Å²) in [6.07, 6.45) is 0. The first-order valence-corrected chi connectivity index (χ1v) is 7.03. The number of carbonyl (C=O) groups is 1. The maximum atomic E-state index is 11.9. The van der Waals surface area contributed by atoms with Crippen LogP contribution >= 0.6 is 15.9 Å². The first kappa shape index (κ1) is 14.9. The van der Waals surface area contributed by atoms with Gasteiger partial charge in [-0.3, -0.25) is 9.69 Å². The van der Waals surface area contributed by atoms with Gasteiger partial charge in [0.15, 0.2) is 10.4 Å². The van der Waals surface area contributed by atoms with Crippen molar-refractivity contribution in [1.29, 1.82) is 0 Å². The summed E-state index contributed by atoms with van der Waals surface area (Å²) in [4.78, 5) is 13.9. The zero-order valence-corrected chi connectivity index (χ0v) is 13.2. The number of hydrogen-bond donors (Lipinski definition) is 1. The summed E-state index contributed by atoms with van der Waals surface area (Å²) in [5.41, 5.74) is 0. The molecule has 2 heterocycles. The molecule has 1 N–H and O–H groups in total. The SMILES string of the molecule is Cc1ccc([C@H](CNC(=O)c2ccc(Br)o2)N(C)C)o1. The second-order valence-electron chi connectivity index (χ2n) is 4.74. The lowest BCUT2D eigenvalue weighted by atomic mass is 10.2. The van der Waals surface area contributed by atoms with Crippen LogP contribution in [0.2, 0.25) is 0 Å². The third-order valence-corrected chi connectivity index (χ3v) is 3.39. The van der Waals surface area contributed by atoms with E-state index in [1.165, 1.54) is 0 Å². The van der Waals surface area contributed by atoms with E-state index < -0.39 is 0 Å². The van der Waals surface area contributed by atoms with Gasteiger partial charge in [-0.25, -0.2) is 0 Å². The van der Waals surface area contributed by atoms with Crippen LogP contribution in [0.15, 0.2) is 37.8 Å². The van der Waals surface area contributed by atoms with E-state index in [1.54, 1.807) is 12.1 Å². The number of hydrogen-bond acceptors (Lipinski definition) is 4. The van der Waals surface area contributed by atoms with E-state index in [1.807, 2.05) is 38.1 Å². The minimum absolute atomic E-state index is 0.0222. The van der Waals surface area contributed by atoms with Gasteiger partial charge in [-0.1, -0.05) is 0 Å². The molecule has 2 aromatic heterocycles. The van der Waals surface area contributed by atoms with Gasteiger partial charge >= 0.3 is 0 Å². The van der Waals surface area contributed by atoms with Gasteiger partial charge in [0.2, 0.25) is 0 Å². The van der Waals surface area contributed by atoms with Gasteiger partial charge in [0.05, 0.1) is 6.04 Å². The van der Waals surface area contributed by atoms with E-state index >= 15 is 0 Å². The predicted molar refractivity (Wildman–Crippen MR) is 78.6 cm³/mol. The van der Waals surface area contributed by atoms with Crippen LogP contribution < -0.4 is 5.32 Å². The van der Waals surface area contributed by atoms with E-state index in [9.17, 15) is 4.79 Å². The fourth-order valence-electron chi connectivity index (χ4n) is 1.88. The van der Waals surface area contributed by atoms with Gasteiger partial charge < -0.3 is 14.2 Å². The van der Waals surface area contributed by atoms with Gasteiger partial charge in [-0.05, 0) is 61.2 Å². The zero-order chi connectivity index (χ0) is 14.7. The highest BCUT2D eigenvalue weighted by molar-refractivity contribution is 9.10. The lowest BCUT2D eigenvalue weighted by Gasteiger charge is -2.22. The van der Waals surface area contributed by atoms with Crippen molar-refractivity contribution >= 4 is 21.8 Å². The molecule has 0 radical (unpaired) electrons. The number of nitrogens with one attached hydrogen (secondary N) is 1. The number of rotatable bonds is 5. The lowest BCUT2D eigenvalue weighted by molar-refractivity contribution is 0.0910. The summed E-state index contributed by atoms with van der Waals surface area (Å²) >= 11 is 3.17. The molecule has 2 aromatic rings. The minimum atomic E-state index is -0.245. The Kier molecular flexibility index (Phi) is 4.67. The van der Waals surface area contributed by atoms with Crippen LogP contribution in [0.4, 0.5) is 0 Å². The Morgan fingerprint density at radius 2 is 2.05 bits per heavy atom. The fraction of sp³-hybridized carbons (Fsp3) is 0.357. The van der Waals surface area contributed by atoms with Crippen LogP contribution in [0.3, 0.4) is 0 Å². The molecule has 0 bridgehead atoms. The number of nitrogens with zero attached hydrogens (tertiary/aromatic N) is 1. The molecule has 20 heavy (non-hydrogen) atoms. The molecule has 0 unspecified atom stereocenters. The summed E-state index contributed by atoms with van der Waals surface area (Å²) in [5, 5.41) is 2.85. The third-order valence-electron chi connectivity index (χ3n) is 2.97. The topological polar surface area (TPSA) is 58.6 Å². The second kappa shape index (κ2) is 6.28. The zero-order valence-electron chi connectivity index (χ0n) is 11.6. The number of amides is 1. The Morgan fingerprint density at radius 3 is 2.55 bits per heavy atom. The molecule has 0 aliphatic carbocycles. The molecule has 1 atom stereocenters. The Balaban J connectivity index is 2.01. The molecular formula is C14H17BrN2O3. The molecule has 0 aliphatic rings. The molecule has 0 aromatic carbocycles. The summed E-state index contributed by atoms with van der Waals surface area (Å²) in [6.45, 7) is 2.34. The summed E-state index contributed by atoms with van der Waals surface area (Å²) in [5.74, 6) is 1.72. The van der Waals surface area contributed by atoms with E-state index in [0.29, 0.717) is 11.2 Å². The van der Waals surface area contributed by atoms with Crippen LogP contribution in [-0.2, 0) is 0 Å². The van der Waals surface area contributed by atoms with Crippen molar-refractivity contribution in [2.75, 3.05) is 20.6 Å². The monoisotopic (exact) mass is 340 g/mol. The van der Waals surface area contributed by atoms with Crippen LogP contribution in [0.1, 0.15) is 28.1 Å². The van der Waals surface area contributed by atoms with Gasteiger partial charge in [0, 0.05) is 6.54 Å². The predicted octanol–water partition coefficient (Wildman–Crippen LogP) is 2.98. The molecule has 1 amide bonds.